The Labute approximate surface area is 157 Å². The van der Waals surface area contributed by atoms with Crippen LogP contribution in [0.2, 0.25) is 0 Å². The summed E-state index contributed by atoms with van der Waals surface area (Å²) in [6.45, 7) is 3.79. The van der Waals surface area contributed by atoms with Gasteiger partial charge in [0.05, 0.1) is 19.6 Å². The van der Waals surface area contributed by atoms with E-state index in [4.69, 9.17) is 18.6 Å². The lowest BCUT2D eigenvalue weighted by molar-refractivity contribution is -0.136. The van der Waals surface area contributed by atoms with Crippen LogP contribution in [0.3, 0.4) is 0 Å². The van der Waals surface area contributed by atoms with Crippen LogP contribution in [0.1, 0.15) is 31.7 Å². The zero-order valence-corrected chi connectivity index (χ0v) is 16.1. The van der Waals surface area contributed by atoms with Crippen molar-refractivity contribution in [3.8, 4) is 0 Å². The molecule has 1 aromatic carbocycles. The van der Waals surface area contributed by atoms with Gasteiger partial charge in [-0.1, -0.05) is 30.3 Å². The first-order chi connectivity index (χ1) is 13.0. The monoisotopic (exact) mass is 394 g/mol. The highest BCUT2D eigenvalue weighted by Crippen LogP contribution is 2.48. The van der Waals surface area contributed by atoms with Gasteiger partial charge in [0.1, 0.15) is 0 Å². The van der Waals surface area contributed by atoms with Crippen LogP contribution in [0, 0.1) is 0 Å². The third-order valence-corrected chi connectivity index (χ3v) is 5.34. The minimum Gasteiger partial charge on any atom is -0.481 e. The molecule has 9 heteroatoms. The highest BCUT2D eigenvalue weighted by Gasteiger charge is 2.35. The first-order valence-electron chi connectivity index (χ1n) is 8.57. The second-order valence-electron chi connectivity index (χ2n) is 5.35. The Hall–Kier alpha value is -2.41. The van der Waals surface area contributed by atoms with Gasteiger partial charge >= 0.3 is 13.6 Å². The van der Waals surface area contributed by atoms with Crippen LogP contribution in [0.25, 0.3) is 12.2 Å². The molecule has 0 bridgehead atoms. The van der Waals surface area contributed by atoms with Gasteiger partial charge in [0, 0.05) is 12.6 Å². The van der Waals surface area contributed by atoms with E-state index < -0.39 is 13.6 Å². The van der Waals surface area contributed by atoms with Crippen LogP contribution in [0.5, 0.6) is 0 Å². The molecule has 0 aliphatic rings. The number of aromatic nitrogens is 1. The summed E-state index contributed by atoms with van der Waals surface area (Å²) in [5, 5.41) is 11.6. The molecule has 2 aromatic rings. The molecule has 27 heavy (non-hydrogen) atoms. The van der Waals surface area contributed by atoms with Crippen LogP contribution in [-0.4, -0.2) is 35.8 Å². The SMILES string of the molecule is CCOP(=O)(OCC)c1nc(C=Cc2ccccc2)oc1NCCC(=O)O. The molecule has 0 fully saturated rings. The number of oxazole rings is 1. The van der Waals surface area contributed by atoms with Crippen molar-refractivity contribution in [2.45, 2.75) is 20.3 Å². The van der Waals surface area contributed by atoms with Gasteiger partial charge in [-0.3, -0.25) is 9.36 Å². The maximum Gasteiger partial charge on any atom is 0.385 e. The fraction of sp³-hybridized carbons (Fsp3) is 0.333. The minimum atomic E-state index is -3.70. The summed E-state index contributed by atoms with van der Waals surface area (Å²) in [7, 11) is -3.70. The quantitative estimate of drug-likeness (QED) is 0.556. The summed E-state index contributed by atoms with van der Waals surface area (Å²) >= 11 is 0. The van der Waals surface area contributed by atoms with Gasteiger partial charge in [-0.2, -0.15) is 4.98 Å². The lowest BCUT2D eigenvalue weighted by Crippen LogP contribution is -2.18. The Kier molecular flexibility index (Phi) is 7.79. The second kappa shape index (κ2) is 10.1. The van der Waals surface area contributed by atoms with Crippen molar-refractivity contribution in [2.75, 3.05) is 25.1 Å². The van der Waals surface area contributed by atoms with E-state index in [0.29, 0.717) is 0 Å². The molecular weight excluding hydrogens is 371 g/mol. The summed E-state index contributed by atoms with van der Waals surface area (Å²) in [6.07, 6.45) is 3.29. The highest BCUT2D eigenvalue weighted by atomic mass is 31.2. The van der Waals surface area contributed by atoms with Gasteiger partial charge in [0.15, 0.2) is 0 Å². The van der Waals surface area contributed by atoms with Crippen molar-refractivity contribution in [3.05, 3.63) is 41.8 Å². The number of aliphatic carboxylic acids is 1. The number of benzene rings is 1. The molecule has 2 N–H and O–H groups in total. The average molecular weight is 394 g/mol. The predicted octanol–water partition coefficient (Wildman–Crippen LogP) is 3.62. The van der Waals surface area contributed by atoms with E-state index in [9.17, 15) is 9.36 Å². The molecule has 0 aliphatic carbocycles. The summed E-state index contributed by atoms with van der Waals surface area (Å²) in [5.41, 5.74) is 0.944. The topological polar surface area (TPSA) is 111 Å². The highest BCUT2D eigenvalue weighted by molar-refractivity contribution is 7.62. The number of nitrogens with one attached hydrogen (secondary N) is 1. The fourth-order valence-electron chi connectivity index (χ4n) is 2.21. The number of anilines is 1. The molecule has 1 aromatic heterocycles. The number of hydrogen-bond donors (Lipinski definition) is 2. The zero-order chi connectivity index (χ0) is 19.7. The lowest BCUT2D eigenvalue weighted by Gasteiger charge is -2.15. The third kappa shape index (κ3) is 6.06. The van der Waals surface area contributed by atoms with Crippen molar-refractivity contribution >= 4 is 37.0 Å². The zero-order valence-electron chi connectivity index (χ0n) is 15.3. The molecule has 0 spiro atoms. The first kappa shape index (κ1) is 20.9. The molecule has 2 rings (SSSR count). The standard InChI is InChI=1S/C18H23N2O6P/c1-3-24-27(23,25-4-2)18-17(19-13-12-16(21)22)26-15(20-18)11-10-14-8-6-5-7-9-14/h5-11,19H,3-4,12-13H2,1-2H3,(H,21,22). The van der Waals surface area contributed by atoms with E-state index in [1.165, 1.54) is 0 Å². The molecule has 1 heterocycles. The van der Waals surface area contributed by atoms with Crippen LogP contribution >= 0.6 is 7.60 Å². The number of carboxylic acid groups (broad SMARTS) is 1. The Morgan fingerprint density at radius 3 is 2.48 bits per heavy atom. The van der Waals surface area contributed by atoms with Gasteiger partial charge in [-0.05, 0) is 25.5 Å². The Morgan fingerprint density at radius 2 is 1.89 bits per heavy atom. The van der Waals surface area contributed by atoms with Gasteiger partial charge in [-0.15, -0.1) is 0 Å². The van der Waals surface area contributed by atoms with Crippen molar-refractivity contribution in [3.63, 3.8) is 0 Å². The molecule has 0 amide bonds. The van der Waals surface area contributed by atoms with E-state index in [2.05, 4.69) is 10.3 Å². The van der Waals surface area contributed by atoms with Gasteiger partial charge in [0.25, 0.3) is 0 Å². The summed E-state index contributed by atoms with van der Waals surface area (Å²) < 4.78 is 29.4. The summed E-state index contributed by atoms with van der Waals surface area (Å²) in [5.74, 6) is -0.689. The molecular formula is C18H23N2O6P. The van der Waals surface area contributed by atoms with E-state index in [-0.39, 0.29) is 43.4 Å². The second-order valence-corrected chi connectivity index (χ2v) is 7.29. The molecule has 0 saturated carbocycles. The van der Waals surface area contributed by atoms with Crippen molar-refractivity contribution in [1.82, 2.24) is 4.98 Å². The van der Waals surface area contributed by atoms with E-state index >= 15 is 0 Å². The molecule has 146 valence electrons. The molecule has 0 radical (unpaired) electrons. The molecule has 0 aliphatic heterocycles. The molecule has 8 nitrogen and oxygen atoms in total. The minimum absolute atomic E-state index is 0.00398. The number of carboxylic acids is 1. The maximum absolute atomic E-state index is 13.1. The molecule has 0 saturated heterocycles. The van der Waals surface area contributed by atoms with Gasteiger partial charge in [-0.25, -0.2) is 0 Å². The lowest BCUT2D eigenvalue weighted by atomic mass is 10.2. The normalized spacial score (nSPS) is 11.8. The Bertz CT molecular complexity index is 809. The fourth-order valence-corrected chi connectivity index (χ4v) is 3.81. The Morgan fingerprint density at radius 1 is 1.22 bits per heavy atom. The number of nitrogens with zero attached hydrogens (tertiary/aromatic N) is 1. The molecule has 0 unspecified atom stereocenters. The smallest absolute Gasteiger partial charge is 0.385 e. The van der Waals surface area contributed by atoms with Gasteiger partial charge < -0.3 is 23.9 Å². The predicted molar refractivity (Wildman–Crippen MR) is 103 cm³/mol. The van der Waals surface area contributed by atoms with Crippen LogP contribution in [0.15, 0.2) is 34.7 Å². The van der Waals surface area contributed by atoms with E-state index in [1.54, 1.807) is 26.0 Å². The average Bonchev–Trinajstić information content (AvgIpc) is 3.05. The molecule has 0 atom stereocenters. The first-order valence-corrected chi connectivity index (χ1v) is 10.1. The number of hydrogen-bond acceptors (Lipinski definition) is 7. The third-order valence-electron chi connectivity index (χ3n) is 3.33. The van der Waals surface area contributed by atoms with E-state index in [1.807, 2.05) is 30.3 Å². The van der Waals surface area contributed by atoms with Crippen LogP contribution in [0.4, 0.5) is 5.88 Å². The number of carbonyl (C=O) groups is 1. The Balaban J connectivity index is 2.33. The van der Waals surface area contributed by atoms with Crippen LogP contribution < -0.4 is 10.8 Å². The van der Waals surface area contributed by atoms with Crippen molar-refractivity contribution < 1.29 is 27.9 Å². The number of rotatable bonds is 11. The maximum atomic E-state index is 13.1. The van der Waals surface area contributed by atoms with E-state index in [0.717, 1.165) is 5.56 Å². The summed E-state index contributed by atoms with van der Waals surface area (Å²) in [4.78, 5) is 15.0. The summed E-state index contributed by atoms with van der Waals surface area (Å²) in [6, 6.07) is 9.54. The van der Waals surface area contributed by atoms with Crippen molar-refractivity contribution in [1.29, 1.82) is 0 Å². The largest absolute Gasteiger partial charge is 0.481 e. The van der Waals surface area contributed by atoms with Crippen LogP contribution in [-0.2, 0) is 18.4 Å². The van der Waals surface area contributed by atoms with Gasteiger partial charge in [0.2, 0.25) is 17.2 Å². The van der Waals surface area contributed by atoms with Crippen molar-refractivity contribution in [2.24, 2.45) is 0 Å².